The van der Waals surface area contributed by atoms with Gasteiger partial charge in [-0.15, -0.1) is 0 Å². The lowest BCUT2D eigenvalue weighted by molar-refractivity contribution is 0.267. The Kier molecular flexibility index (Phi) is 4.07. The number of allylic oxidation sites excluding steroid dienone is 1. The van der Waals surface area contributed by atoms with E-state index in [0.717, 1.165) is 11.0 Å². The number of aromatic nitrogens is 2. The normalized spacial score (nSPS) is 11.6. The van der Waals surface area contributed by atoms with Crippen molar-refractivity contribution in [1.29, 1.82) is 0 Å². The van der Waals surface area contributed by atoms with Gasteiger partial charge in [0, 0.05) is 6.54 Å². The maximum Gasteiger partial charge on any atom is 0.135 e. The lowest BCUT2D eigenvalue weighted by Gasteiger charge is -2.06. The fraction of sp³-hybridized carbons (Fsp3) is 0.211. The summed E-state index contributed by atoms with van der Waals surface area (Å²) >= 11 is 0. The highest BCUT2D eigenvalue weighted by Gasteiger charge is 2.10. The molecule has 112 valence electrons. The fourth-order valence-corrected chi connectivity index (χ4v) is 2.61. The first-order chi connectivity index (χ1) is 10.7. The maximum atomic E-state index is 9.57. The molecule has 0 saturated carbocycles. The zero-order chi connectivity index (χ0) is 15.5. The molecule has 3 nitrogen and oxygen atoms in total. The van der Waals surface area contributed by atoms with Crippen molar-refractivity contribution in [3.8, 4) is 0 Å². The summed E-state index contributed by atoms with van der Waals surface area (Å²) in [5, 5.41) is 9.57. The first kappa shape index (κ1) is 14.5. The third kappa shape index (κ3) is 2.81. The summed E-state index contributed by atoms with van der Waals surface area (Å²) in [6.07, 6.45) is 4.19. The fourth-order valence-electron chi connectivity index (χ4n) is 2.61. The quantitative estimate of drug-likeness (QED) is 0.793. The minimum atomic E-state index is -0.0497. The number of rotatable bonds is 4. The van der Waals surface area contributed by atoms with E-state index in [1.165, 1.54) is 16.7 Å². The molecule has 3 aromatic rings. The summed E-state index contributed by atoms with van der Waals surface area (Å²) < 4.78 is 2.07. The molecular formula is C19H20N2O. The number of aryl methyl sites for hydroxylation is 2. The van der Waals surface area contributed by atoms with Gasteiger partial charge in [-0.05, 0) is 42.7 Å². The Morgan fingerprint density at radius 2 is 1.82 bits per heavy atom. The predicted molar refractivity (Wildman–Crippen MR) is 90.6 cm³/mol. The number of hydrogen-bond donors (Lipinski definition) is 1. The third-order valence-corrected chi connectivity index (χ3v) is 3.98. The van der Waals surface area contributed by atoms with Crippen LogP contribution < -0.4 is 0 Å². The molecular weight excluding hydrogens is 272 g/mol. The summed E-state index contributed by atoms with van der Waals surface area (Å²) in [6.45, 7) is 4.84. The molecule has 1 aromatic heterocycles. The van der Waals surface area contributed by atoms with Gasteiger partial charge in [-0.3, -0.25) is 0 Å². The highest BCUT2D eigenvalue weighted by atomic mass is 16.3. The number of hydrogen-bond acceptors (Lipinski definition) is 2. The molecule has 0 atom stereocenters. The molecule has 1 heterocycles. The molecule has 0 unspecified atom stereocenters. The number of fused-ring (bicyclic) bond motifs is 1. The van der Waals surface area contributed by atoms with Gasteiger partial charge in [0.15, 0.2) is 0 Å². The number of nitrogens with zero attached hydrogens (tertiary/aromatic N) is 2. The lowest BCUT2D eigenvalue weighted by atomic mass is 10.1. The molecule has 22 heavy (non-hydrogen) atoms. The van der Waals surface area contributed by atoms with Crippen LogP contribution in [-0.2, 0) is 13.2 Å². The Morgan fingerprint density at radius 3 is 2.55 bits per heavy atom. The summed E-state index contributed by atoms with van der Waals surface area (Å²) in [4.78, 5) is 4.54. The van der Waals surface area contributed by atoms with E-state index in [9.17, 15) is 5.11 Å². The van der Waals surface area contributed by atoms with E-state index < -0.39 is 0 Å². The summed E-state index contributed by atoms with van der Waals surface area (Å²) in [6, 6.07) is 14.4. The second-order valence-electron chi connectivity index (χ2n) is 5.53. The topological polar surface area (TPSA) is 38.1 Å². The Balaban J connectivity index is 1.95. The molecule has 0 aliphatic heterocycles. The van der Waals surface area contributed by atoms with Gasteiger partial charge < -0.3 is 9.67 Å². The van der Waals surface area contributed by atoms with Crippen LogP contribution in [0, 0.1) is 13.8 Å². The smallest absolute Gasteiger partial charge is 0.135 e. The van der Waals surface area contributed by atoms with Crippen LogP contribution in [0.4, 0.5) is 0 Å². The number of aliphatic hydroxyl groups is 1. The average molecular weight is 292 g/mol. The largest absolute Gasteiger partial charge is 0.388 e. The molecule has 1 N–H and O–H groups in total. The Bertz CT molecular complexity index is 816. The highest BCUT2D eigenvalue weighted by molar-refractivity contribution is 5.78. The number of imidazole rings is 1. The molecule has 0 spiro atoms. The molecule has 0 bridgehead atoms. The van der Waals surface area contributed by atoms with Crippen LogP contribution in [0.25, 0.3) is 17.1 Å². The number of benzene rings is 2. The highest BCUT2D eigenvalue weighted by Crippen LogP contribution is 2.21. The lowest BCUT2D eigenvalue weighted by Crippen LogP contribution is -2.02. The van der Waals surface area contributed by atoms with Crippen molar-refractivity contribution in [3.05, 3.63) is 71.1 Å². The van der Waals surface area contributed by atoms with Crippen LogP contribution in [0.1, 0.15) is 22.5 Å². The molecule has 0 aliphatic rings. The third-order valence-electron chi connectivity index (χ3n) is 3.98. The molecule has 3 heteroatoms. The van der Waals surface area contributed by atoms with Crippen molar-refractivity contribution in [2.24, 2.45) is 0 Å². The summed E-state index contributed by atoms with van der Waals surface area (Å²) in [5.41, 5.74) is 5.65. The average Bonchev–Trinajstić information content (AvgIpc) is 2.86. The van der Waals surface area contributed by atoms with Gasteiger partial charge >= 0.3 is 0 Å². The van der Waals surface area contributed by atoms with Crippen molar-refractivity contribution in [3.63, 3.8) is 0 Å². The van der Waals surface area contributed by atoms with Gasteiger partial charge in [-0.25, -0.2) is 4.98 Å². The van der Waals surface area contributed by atoms with Crippen LogP contribution in [-0.4, -0.2) is 14.7 Å². The zero-order valence-corrected chi connectivity index (χ0v) is 13.0. The Hall–Kier alpha value is -2.39. The SMILES string of the molecule is Cc1cc2nc(CO)n(C/C=C/c3ccccc3)c2cc1C. The standard InChI is InChI=1S/C19H20N2O/c1-14-11-17-18(12-15(14)2)21(19(13-22)20-17)10-6-9-16-7-4-3-5-8-16/h3-9,11-12,22H,10,13H2,1-2H3/b9-6+. The Morgan fingerprint density at radius 1 is 1.09 bits per heavy atom. The van der Waals surface area contributed by atoms with Crippen LogP contribution in [0.3, 0.4) is 0 Å². The van der Waals surface area contributed by atoms with Crippen molar-refractivity contribution in [1.82, 2.24) is 9.55 Å². The van der Waals surface area contributed by atoms with E-state index >= 15 is 0 Å². The van der Waals surface area contributed by atoms with E-state index in [2.05, 4.69) is 59.8 Å². The van der Waals surface area contributed by atoms with Crippen LogP contribution in [0.15, 0.2) is 48.5 Å². The van der Waals surface area contributed by atoms with Crippen LogP contribution >= 0.6 is 0 Å². The van der Waals surface area contributed by atoms with Gasteiger partial charge in [0.25, 0.3) is 0 Å². The molecule has 0 saturated heterocycles. The summed E-state index contributed by atoms with van der Waals surface area (Å²) in [5.74, 6) is 0.706. The molecule has 0 fully saturated rings. The van der Waals surface area contributed by atoms with Crippen LogP contribution in [0.5, 0.6) is 0 Å². The minimum absolute atomic E-state index is 0.0497. The van der Waals surface area contributed by atoms with Crippen molar-refractivity contribution >= 4 is 17.1 Å². The van der Waals surface area contributed by atoms with Crippen molar-refractivity contribution < 1.29 is 5.11 Å². The predicted octanol–water partition coefficient (Wildman–Crippen LogP) is 3.86. The van der Waals surface area contributed by atoms with E-state index in [-0.39, 0.29) is 6.61 Å². The first-order valence-electron chi connectivity index (χ1n) is 7.48. The van der Waals surface area contributed by atoms with Gasteiger partial charge in [0.1, 0.15) is 12.4 Å². The molecule has 0 amide bonds. The van der Waals surface area contributed by atoms with E-state index in [1.54, 1.807) is 0 Å². The van der Waals surface area contributed by atoms with Gasteiger partial charge in [-0.1, -0.05) is 42.5 Å². The first-order valence-corrected chi connectivity index (χ1v) is 7.48. The van der Waals surface area contributed by atoms with Gasteiger partial charge in [0.05, 0.1) is 11.0 Å². The van der Waals surface area contributed by atoms with Crippen LogP contribution in [0.2, 0.25) is 0 Å². The minimum Gasteiger partial charge on any atom is -0.388 e. The van der Waals surface area contributed by atoms with Gasteiger partial charge in [-0.2, -0.15) is 0 Å². The van der Waals surface area contributed by atoms with Crippen molar-refractivity contribution in [2.75, 3.05) is 0 Å². The monoisotopic (exact) mass is 292 g/mol. The second kappa shape index (κ2) is 6.16. The summed E-state index contributed by atoms with van der Waals surface area (Å²) in [7, 11) is 0. The molecule has 0 radical (unpaired) electrons. The maximum absolute atomic E-state index is 9.57. The van der Waals surface area contributed by atoms with Crippen molar-refractivity contribution in [2.45, 2.75) is 27.0 Å². The zero-order valence-electron chi connectivity index (χ0n) is 13.0. The molecule has 0 aliphatic carbocycles. The Labute approximate surface area is 130 Å². The van der Waals surface area contributed by atoms with E-state index in [4.69, 9.17) is 0 Å². The molecule has 2 aromatic carbocycles. The van der Waals surface area contributed by atoms with E-state index in [0.29, 0.717) is 12.4 Å². The second-order valence-corrected chi connectivity index (χ2v) is 5.53. The number of aliphatic hydroxyl groups excluding tert-OH is 1. The van der Waals surface area contributed by atoms with E-state index in [1.807, 2.05) is 18.2 Å². The van der Waals surface area contributed by atoms with Gasteiger partial charge in [0.2, 0.25) is 0 Å². The molecule has 3 rings (SSSR count).